The summed E-state index contributed by atoms with van der Waals surface area (Å²) in [6.07, 6.45) is 1.45. The Bertz CT molecular complexity index is 461. The van der Waals surface area contributed by atoms with Gasteiger partial charge in [-0.1, -0.05) is 29.8 Å². The lowest BCUT2D eigenvalue weighted by atomic mass is 9.70. The molecule has 0 spiro atoms. The van der Waals surface area contributed by atoms with Crippen LogP contribution in [0.5, 0.6) is 0 Å². The SMILES string of the molecule is CC1(C)C2CCC1(CS(=O)(=O)ON)C(=O)C2Br. The van der Waals surface area contributed by atoms with E-state index in [0.717, 1.165) is 6.42 Å². The smallest absolute Gasteiger partial charge is 0.284 e. The quantitative estimate of drug-likeness (QED) is 0.617. The van der Waals surface area contributed by atoms with Crippen LogP contribution in [0.4, 0.5) is 0 Å². The Morgan fingerprint density at radius 1 is 1.53 bits per heavy atom. The van der Waals surface area contributed by atoms with E-state index in [1.165, 1.54) is 0 Å². The summed E-state index contributed by atoms with van der Waals surface area (Å²) in [4.78, 5) is 12.0. The molecule has 2 aliphatic carbocycles. The Kier molecular flexibility index (Phi) is 2.97. The van der Waals surface area contributed by atoms with Gasteiger partial charge in [0.2, 0.25) is 0 Å². The van der Waals surface area contributed by atoms with Gasteiger partial charge in [-0.05, 0) is 24.2 Å². The molecule has 0 amide bonds. The van der Waals surface area contributed by atoms with Crippen LogP contribution in [0.2, 0.25) is 0 Å². The number of halogens is 1. The number of ketones is 1. The zero-order chi connectivity index (χ0) is 13.1. The van der Waals surface area contributed by atoms with Crippen molar-refractivity contribution in [2.24, 2.45) is 22.6 Å². The third-order valence-corrected chi connectivity index (χ3v) is 6.88. The van der Waals surface area contributed by atoms with Gasteiger partial charge in [-0.2, -0.15) is 18.6 Å². The van der Waals surface area contributed by atoms with Crippen molar-refractivity contribution < 1.29 is 17.5 Å². The summed E-state index contributed by atoms with van der Waals surface area (Å²) in [5.41, 5.74) is -1.20. The summed E-state index contributed by atoms with van der Waals surface area (Å²) < 4.78 is 27.2. The molecule has 2 fully saturated rings. The van der Waals surface area contributed by atoms with Gasteiger partial charge in [0.15, 0.2) is 5.78 Å². The number of fused-ring (bicyclic) bond motifs is 2. The first kappa shape index (κ1) is 13.5. The highest BCUT2D eigenvalue weighted by Gasteiger charge is 2.69. The van der Waals surface area contributed by atoms with E-state index in [-0.39, 0.29) is 27.7 Å². The van der Waals surface area contributed by atoms with E-state index in [1.807, 2.05) is 13.8 Å². The monoisotopic (exact) mass is 325 g/mol. The molecular formula is C10H16BrNO4S. The largest absolute Gasteiger partial charge is 0.298 e. The van der Waals surface area contributed by atoms with Gasteiger partial charge in [0.05, 0.1) is 16.0 Å². The van der Waals surface area contributed by atoms with E-state index >= 15 is 0 Å². The van der Waals surface area contributed by atoms with Crippen molar-refractivity contribution in [1.82, 2.24) is 0 Å². The molecule has 2 bridgehead atoms. The van der Waals surface area contributed by atoms with Crippen molar-refractivity contribution in [2.45, 2.75) is 31.5 Å². The van der Waals surface area contributed by atoms with Crippen molar-refractivity contribution in [3.63, 3.8) is 0 Å². The van der Waals surface area contributed by atoms with Crippen LogP contribution in [0.15, 0.2) is 0 Å². The van der Waals surface area contributed by atoms with Gasteiger partial charge in [0.25, 0.3) is 10.1 Å². The molecule has 0 saturated heterocycles. The molecular weight excluding hydrogens is 310 g/mol. The van der Waals surface area contributed by atoms with Crippen molar-refractivity contribution in [3.05, 3.63) is 0 Å². The van der Waals surface area contributed by atoms with Crippen LogP contribution in [0.1, 0.15) is 26.7 Å². The van der Waals surface area contributed by atoms with Crippen LogP contribution >= 0.6 is 15.9 Å². The number of rotatable bonds is 3. The van der Waals surface area contributed by atoms with Crippen molar-refractivity contribution in [2.75, 3.05) is 5.75 Å². The summed E-state index contributed by atoms with van der Waals surface area (Å²) in [5.74, 6) is 4.61. The maximum Gasteiger partial charge on any atom is 0.284 e. The van der Waals surface area contributed by atoms with Crippen molar-refractivity contribution in [1.29, 1.82) is 0 Å². The lowest BCUT2D eigenvalue weighted by Gasteiger charge is -2.35. The summed E-state index contributed by atoms with van der Waals surface area (Å²) in [6, 6.07) is 0. The summed E-state index contributed by atoms with van der Waals surface area (Å²) >= 11 is 3.38. The number of carbonyl (C=O) groups is 1. The van der Waals surface area contributed by atoms with Crippen LogP contribution < -0.4 is 5.90 Å². The van der Waals surface area contributed by atoms with E-state index in [2.05, 4.69) is 20.2 Å². The fourth-order valence-electron chi connectivity index (χ4n) is 3.50. The number of hydrogen-bond acceptors (Lipinski definition) is 5. The Balaban J connectivity index is 2.45. The summed E-state index contributed by atoms with van der Waals surface area (Å²) in [5, 5.41) is 0. The molecule has 17 heavy (non-hydrogen) atoms. The first-order chi connectivity index (χ1) is 7.68. The normalized spacial score (nSPS) is 39.9. The average molecular weight is 326 g/mol. The molecule has 3 atom stereocenters. The third-order valence-electron chi connectivity index (χ3n) is 4.69. The minimum absolute atomic E-state index is 0.0284. The van der Waals surface area contributed by atoms with Crippen molar-refractivity contribution >= 4 is 31.8 Å². The second-order valence-electron chi connectivity index (χ2n) is 5.51. The highest BCUT2D eigenvalue weighted by atomic mass is 79.9. The maximum atomic E-state index is 12.3. The lowest BCUT2D eigenvalue weighted by Crippen LogP contribution is -2.43. The van der Waals surface area contributed by atoms with Gasteiger partial charge in [0, 0.05) is 0 Å². The lowest BCUT2D eigenvalue weighted by molar-refractivity contribution is -0.127. The highest BCUT2D eigenvalue weighted by molar-refractivity contribution is 9.10. The first-order valence-corrected chi connectivity index (χ1v) is 7.97. The second kappa shape index (κ2) is 3.76. The Morgan fingerprint density at radius 3 is 2.53 bits per heavy atom. The Hall–Kier alpha value is 0.0200. The number of alkyl halides is 1. The standard InChI is InChI=1S/C10H16BrNO4S/c1-9(2)6-3-4-10(9,8(13)7(6)11)5-17(14,15)16-12/h6-7H,3-5,12H2,1-2H3. The Labute approximate surface area is 109 Å². The van der Waals surface area contributed by atoms with Gasteiger partial charge >= 0.3 is 0 Å². The van der Waals surface area contributed by atoms with Crippen LogP contribution in [-0.2, 0) is 19.2 Å². The molecule has 7 heteroatoms. The minimum atomic E-state index is -3.84. The molecule has 2 saturated carbocycles. The van der Waals surface area contributed by atoms with E-state index in [4.69, 9.17) is 5.90 Å². The fraction of sp³-hybridized carbons (Fsp3) is 0.900. The van der Waals surface area contributed by atoms with Crippen LogP contribution in [0.25, 0.3) is 0 Å². The molecule has 0 aromatic heterocycles. The van der Waals surface area contributed by atoms with Gasteiger partial charge < -0.3 is 0 Å². The maximum absolute atomic E-state index is 12.3. The molecule has 0 heterocycles. The minimum Gasteiger partial charge on any atom is -0.298 e. The van der Waals surface area contributed by atoms with E-state index in [1.54, 1.807) is 0 Å². The van der Waals surface area contributed by atoms with Gasteiger partial charge in [0.1, 0.15) is 0 Å². The topological polar surface area (TPSA) is 86.5 Å². The predicted molar refractivity (Wildman–Crippen MR) is 65.7 cm³/mol. The summed E-state index contributed by atoms with van der Waals surface area (Å²) in [6.45, 7) is 3.91. The third kappa shape index (κ3) is 1.63. The molecule has 2 rings (SSSR count). The molecule has 0 aliphatic heterocycles. The molecule has 2 N–H and O–H groups in total. The fourth-order valence-corrected chi connectivity index (χ4v) is 6.20. The van der Waals surface area contributed by atoms with Gasteiger partial charge in [-0.15, -0.1) is 0 Å². The van der Waals surface area contributed by atoms with Crippen LogP contribution in [0.3, 0.4) is 0 Å². The molecule has 0 aromatic rings. The highest BCUT2D eigenvalue weighted by Crippen LogP contribution is 2.65. The van der Waals surface area contributed by atoms with E-state index in [0.29, 0.717) is 6.42 Å². The van der Waals surface area contributed by atoms with E-state index in [9.17, 15) is 13.2 Å². The number of carbonyl (C=O) groups excluding carboxylic acids is 1. The molecule has 5 nitrogen and oxygen atoms in total. The van der Waals surface area contributed by atoms with E-state index < -0.39 is 15.5 Å². The molecule has 3 unspecified atom stereocenters. The molecule has 0 aromatic carbocycles. The zero-order valence-electron chi connectivity index (χ0n) is 9.77. The molecule has 2 aliphatic rings. The molecule has 98 valence electrons. The average Bonchev–Trinajstić information content (AvgIpc) is 2.54. The summed E-state index contributed by atoms with van der Waals surface area (Å²) in [7, 11) is -3.84. The van der Waals surface area contributed by atoms with Gasteiger partial charge in [-0.3, -0.25) is 4.79 Å². The first-order valence-electron chi connectivity index (χ1n) is 5.47. The van der Waals surface area contributed by atoms with Crippen LogP contribution in [0, 0.1) is 16.7 Å². The number of nitrogens with two attached hydrogens (primary N) is 1. The zero-order valence-corrected chi connectivity index (χ0v) is 12.2. The van der Waals surface area contributed by atoms with Crippen molar-refractivity contribution in [3.8, 4) is 0 Å². The number of Topliss-reactive ketones (excluding diaryl/α,β-unsaturated/α-hetero) is 1. The van der Waals surface area contributed by atoms with Crippen LogP contribution in [-0.4, -0.2) is 24.8 Å². The van der Waals surface area contributed by atoms with Gasteiger partial charge in [-0.25, -0.2) is 0 Å². The molecule has 0 radical (unpaired) electrons. The second-order valence-corrected chi connectivity index (χ2v) is 8.10. The Morgan fingerprint density at radius 2 is 2.12 bits per heavy atom. The number of hydrogen-bond donors (Lipinski definition) is 1. The predicted octanol–water partition coefficient (Wildman–Crippen LogP) is 0.975.